The highest BCUT2D eigenvalue weighted by atomic mass is 32.1. The van der Waals surface area contributed by atoms with Crippen LogP contribution in [-0.4, -0.2) is 45.1 Å². The van der Waals surface area contributed by atoms with Crippen LogP contribution < -0.4 is 5.73 Å². The maximum Gasteiger partial charge on any atom is 0.317 e. The molecule has 20 heavy (non-hydrogen) atoms. The van der Waals surface area contributed by atoms with Crippen LogP contribution in [0.25, 0.3) is 11.4 Å². The second-order valence-corrected chi connectivity index (χ2v) is 4.81. The van der Waals surface area contributed by atoms with E-state index in [1.54, 1.807) is 0 Å². The highest BCUT2D eigenvalue weighted by Crippen LogP contribution is 2.19. The third-order valence-corrected chi connectivity index (χ3v) is 3.03. The molecule has 106 valence electrons. The standard InChI is InChI=1S/C11H12N4O4S/c12-8(16)3-15(5-10(17)18)4-9-13-11(14-19-9)7-1-2-20-6-7/h1-2,6H,3-5H2,(H2,12,16)(H,17,18). The van der Waals surface area contributed by atoms with E-state index in [0.717, 1.165) is 5.56 Å². The molecular formula is C11H12N4O4S. The molecule has 0 aliphatic rings. The number of hydrogen-bond donors (Lipinski definition) is 2. The molecule has 2 rings (SSSR count). The third kappa shape index (κ3) is 3.87. The predicted molar refractivity (Wildman–Crippen MR) is 69.7 cm³/mol. The normalized spacial score (nSPS) is 10.8. The highest BCUT2D eigenvalue weighted by molar-refractivity contribution is 7.08. The van der Waals surface area contributed by atoms with Crippen molar-refractivity contribution in [1.29, 1.82) is 0 Å². The number of hydrogen-bond acceptors (Lipinski definition) is 7. The molecule has 3 N–H and O–H groups in total. The Kier molecular flexibility index (Phi) is 4.43. The number of aliphatic carboxylic acids is 1. The molecule has 0 aliphatic heterocycles. The number of carboxylic acids is 1. The maximum atomic E-state index is 10.9. The van der Waals surface area contributed by atoms with Gasteiger partial charge >= 0.3 is 5.97 Å². The summed E-state index contributed by atoms with van der Waals surface area (Å²) in [5, 5.41) is 16.3. The quantitative estimate of drug-likeness (QED) is 0.746. The summed E-state index contributed by atoms with van der Waals surface area (Å²) < 4.78 is 5.04. The van der Waals surface area contributed by atoms with Gasteiger partial charge in [0.1, 0.15) is 0 Å². The van der Waals surface area contributed by atoms with Gasteiger partial charge in [-0.05, 0) is 11.4 Å². The number of carboxylic acid groups (broad SMARTS) is 1. The van der Waals surface area contributed by atoms with E-state index in [2.05, 4.69) is 10.1 Å². The molecule has 2 aromatic rings. The minimum absolute atomic E-state index is 0.0480. The fourth-order valence-electron chi connectivity index (χ4n) is 1.60. The summed E-state index contributed by atoms with van der Waals surface area (Å²) in [6, 6.07) is 1.84. The van der Waals surface area contributed by atoms with Crippen LogP contribution in [0.1, 0.15) is 5.89 Å². The molecule has 0 saturated carbocycles. The van der Waals surface area contributed by atoms with Gasteiger partial charge in [0.05, 0.1) is 19.6 Å². The number of nitrogens with zero attached hydrogens (tertiary/aromatic N) is 3. The zero-order chi connectivity index (χ0) is 14.5. The molecule has 2 aromatic heterocycles. The van der Waals surface area contributed by atoms with Crippen LogP contribution in [0.4, 0.5) is 0 Å². The summed E-state index contributed by atoms with van der Waals surface area (Å²) in [5.74, 6) is -1.03. The van der Waals surface area contributed by atoms with Crippen molar-refractivity contribution < 1.29 is 19.2 Å². The monoisotopic (exact) mass is 296 g/mol. The molecule has 1 amide bonds. The van der Waals surface area contributed by atoms with Crippen molar-refractivity contribution >= 4 is 23.2 Å². The van der Waals surface area contributed by atoms with Gasteiger partial charge in [0, 0.05) is 10.9 Å². The number of nitrogens with two attached hydrogens (primary N) is 1. The van der Waals surface area contributed by atoms with Crippen LogP contribution >= 0.6 is 11.3 Å². The molecule has 0 bridgehead atoms. The van der Waals surface area contributed by atoms with E-state index >= 15 is 0 Å². The average Bonchev–Trinajstić information content (AvgIpc) is 2.95. The molecule has 0 saturated heterocycles. The van der Waals surface area contributed by atoms with Crippen molar-refractivity contribution in [2.24, 2.45) is 5.73 Å². The van der Waals surface area contributed by atoms with Crippen LogP contribution in [-0.2, 0) is 16.1 Å². The number of rotatable bonds is 7. The molecule has 0 unspecified atom stereocenters. The van der Waals surface area contributed by atoms with E-state index in [4.69, 9.17) is 15.4 Å². The number of aromatic nitrogens is 2. The molecule has 0 aliphatic carbocycles. The molecule has 9 heteroatoms. The SMILES string of the molecule is NC(=O)CN(CC(=O)O)Cc1nc(-c2ccsc2)no1. The van der Waals surface area contributed by atoms with Crippen LogP contribution in [0, 0.1) is 0 Å². The van der Waals surface area contributed by atoms with Crippen molar-refractivity contribution in [2.45, 2.75) is 6.54 Å². The molecule has 0 fully saturated rings. The Bertz CT molecular complexity index is 579. The molecule has 2 heterocycles. The van der Waals surface area contributed by atoms with Gasteiger partial charge in [0.15, 0.2) is 0 Å². The summed E-state index contributed by atoms with van der Waals surface area (Å²) in [6.07, 6.45) is 0. The summed E-state index contributed by atoms with van der Waals surface area (Å²) in [4.78, 5) is 27.1. The summed E-state index contributed by atoms with van der Waals surface area (Å²) in [5.41, 5.74) is 5.89. The van der Waals surface area contributed by atoms with Crippen LogP contribution in [0.15, 0.2) is 21.3 Å². The second-order valence-electron chi connectivity index (χ2n) is 4.03. The molecule has 0 aromatic carbocycles. The predicted octanol–water partition coefficient (Wildman–Crippen LogP) is 0.170. The van der Waals surface area contributed by atoms with Gasteiger partial charge in [0.2, 0.25) is 17.6 Å². The number of carbonyl (C=O) groups is 2. The van der Waals surface area contributed by atoms with Gasteiger partial charge in [-0.15, -0.1) is 0 Å². The van der Waals surface area contributed by atoms with Crippen molar-refractivity contribution in [2.75, 3.05) is 13.1 Å². The van der Waals surface area contributed by atoms with Gasteiger partial charge < -0.3 is 15.4 Å². The van der Waals surface area contributed by atoms with Gasteiger partial charge in [0.25, 0.3) is 0 Å². The van der Waals surface area contributed by atoms with E-state index in [9.17, 15) is 9.59 Å². The Balaban J connectivity index is 2.06. The Morgan fingerprint density at radius 2 is 2.25 bits per heavy atom. The number of carbonyl (C=O) groups excluding carboxylic acids is 1. The van der Waals surface area contributed by atoms with Crippen molar-refractivity contribution in [3.05, 3.63) is 22.7 Å². The van der Waals surface area contributed by atoms with Crippen molar-refractivity contribution in [1.82, 2.24) is 15.0 Å². The lowest BCUT2D eigenvalue weighted by Crippen LogP contribution is -2.36. The van der Waals surface area contributed by atoms with Gasteiger partial charge in [-0.1, -0.05) is 5.16 Å². The number of primary amides is 1. The third-order valence-electron chi connectivity index (χ3n) is 2.34. The minimum Gasteiger partial charge on any atom is -0.480 e. The fourth-order valence-corrected chi connectivity index (χ4v) is 2.23. The van der Waals surface area contributed by atoms with Gasteiger partial charge in [-0.25, -0.2) is 0 Å². The molecule has 0 atom stereocenters. The zero-order valence-electron chi connectivity index (χ0n) is 10.4. The van der Waals surface area contributed by atoms with Gasteiger partial charge in [-0.2, -0.15) is 16.3 Å². The first-order chi connectivity index (χ1) is 9.54. The van der Waals surface area contributed by atoms with Crippen LogP contribution in [0.2, 0.25) is 0 Å². The summed E-state index contributed by atoms with van der Waals surface area (Å²) in [6.45, 7) is -0.478. The molecule has 0 radical (unpaired) electrons. The Labute approximate surface area is 117 Å². The van der Waals surface area contributed by atoms with E-state index in [0.29, 0.717) is 5.82 Å². The topological polar surface area (TPSA) is 123 Å². The second kappa shape index (κ2) is 6.26. The van der Waals surface area contributed by atoms with Crippen LogP contribution in [0.3, 0.4) is 0 Å². The Morgan fingerprint density at radius 3 is 2.85 bits per heavy atom. The Morgan fingerprint density at radius 1 is 1.45 bits per heavy atom. The lowest BCUT2D eigenvalue weighted by Gasteiger charge is -2.15. The first-order valence-electron chi connectivity index (χ1n) is 5.62. The fraction of sp³-hybridized carbons (Fsp3) is 0.273. The van der Waals surface area contributed by atoms with E-state index < -0.39 is 11.9 Å². The highest BCUT2D eigenvalue weighted by Gasteiger charge is 2.17. The van der Waals surface area contributed by atoms with Crippen molar-refractivity contribution in [3.63, 3.8) is 0 Å². The lowest BCUT2D eigenvalue weighted by molar-refractivity contribution is -0.138. The summed E-state index contributed by atoms with van der Waals surface area (Å²) in [7, 11) is 0. The van der Waals surface area contributed by atoms with Crippen LogP contribution in [0.5, 0.6) is 0 Å². The smallest absolute Gasteiger partial charge is 0.317 e. The first kappa shape index (κ1) is 14.2. The van der Waals surface area contributed by atoms with Crippen molar-refractivity contribution in [3.8, 4) is 11.4 Å². The average molecular weight is 296 g/mol. The van der Waals surface area contributed by atoms with E-state index in [1.807, 2.05) is 16.8 Å². The van der Waals surface area contributed by atoms with E-state index in [-0.39, 0.29) is 25.5 Å². The van der Waals surface area contributed by atoms with E-state index in [1.165, 1.54) is 16.2 Å². The lowest BCUT2D eigenvalue weighted by atomic mass is 10.3. The zero-order valence-corrected chi connectivity index (χ0v) is 11.2. The first-order valence-corrected chi connectivity index (χ1v) is 6.56. The minimum atomic E-state index is -1.07. The molecular weight excluding hydrogens is 284 g/mol. The maximum absolute atomic E-state index is 10.9. The number of amides is 1. The Hall–Kier alpha value is -2.26. The summed E-state index contributed by atoms with van der Waals surface area (Å²) >= 11 is 1.50. The van der Waals surface area contributed by atoms with Gasteiger partial charge in [-0.3, -0.25) is 14.5 Å². The molecule has 8 nitrogen and oxygen atoms in total. The number of thiophene rings is 1. The largest absolute Gasteiger partial charge is 0.480 e. The molecule has 0 spiro atoms.